The zero-order chi connectivity index (χ0) is 10.8. The summed E-state index contributed by atoms with van der Waals surface area (Å²) in [7, 11) is -0.831. The van der Waals surface area contributed by atoms with Crippen molar-refractivity contribution >= 4 is 21.6 Å². The minimum absolute atomic E-state index is 0.0672. The van der Waals surface area contributed by atoms with Crippen LogP contribution in [0.5, 0.6) is 5.88 Å². The maximum atomic E-state index is 11.3. The number of hydrogen-bond donors (Lipinski definition) is 1. The monoisotopic (exact) mass is 236 g/mol. The summed E-state index contributed by atoms with van der Waals surface area (Å²) < 4.78 is 29.6. The Labute approximate surface area is 87.1 Å². The highest BCUT2D eigenvalue weighted by Gasteiger charge is 2.17. The summed E-state index contributed by atoms with van der Waals surface area (Å²) in [5.41, 5.74) is 0. The SMILES string of the molecule is CNS(=O)(=O)c1ccc(OC)nc1Cl. The Morgan fingerprint density at radius 1 is 1.50 bits per heavy atom. The first-order valence-corrected chi connectivity index (χ1v) is 5.51. The molecule has 0 aliphatic heterocycles. The number of aromatic nitrogens is 1. The summed E-state index contributed by atoms with van der Waals surface area (Å²) >= 11 is 5.66. The van der Waals surface area contributed by atoms with Crippen molar-refractivity contribution in [2.75, 3.05) is 14.2 Å². The van der Waals surface area contributed by atoms with Crippen molar-refractivity contribution in [3.8, 4) is 5.88 Å². The van der Waals surface area contributed by atoms with Crippen molar-refractivity contribution in [1.82, 2.24) is 9.71 Å². The zero-order valence-electron chi connectivity index (χ0n) is 7.61. The van der Waals surface area contributed by atoms with Gasteiger partial charge in [0.1, 0.15) is 4.90 Å². The second-order valence-corrected chi connectivity index (χ2v) is 4.56. The Morgan fingerprint density at radius 3 is 2.57 bits per heavy atom. The Morgan fingerprint density at radius 2 is 2.14 bits per heavy atom. The third kappa shape index (κ3) is 2.14. The van der Waals surface area contributed by atoms with Gasteiger partial charge in [-0.2, -0.15) is 0 Å². The number of pyridine rings is 1. The van der Waals surface area contributed by atoms with Crippen LogP contribution in [-0.2, 0) is 10.0 Å². The summed E-state index contributed by atoms with van der Waals surface area (Å²) in [5, 5.41) is -0.112. The van der Waals surface area contributed by atoms with Gasteiger partial charge < -0.3 is 4.74 Å². The van der Waals surface area contributed by atoms with E-state index in [1.807, 2.05) is 0 Å². The Hall–Kier alpha value is -0.850. The number of nitrogens with zero attached hydrogens (tertiary/aromatic N) is 1. The van der Waals surface area contributed by atoms with E-state index in [9.17, 15) is 8.42 Å². The molecule has 0 bridgehead atoms. The fraction of sp³-hybridized carbons (Fsp3) is 0.286. The van der Waals surface area contributed by atoms with Crippen molar-refractivity contribution < 1.29 is 13.2 Å². The van der Waals surface area contributed by atoms with E-state index in [1.165, 1.54) is 26.3 Å². The van der Waals surface area contributed by atoms with Gasteiger partial charge in [-0.1, -0.05) is 11.6 Å². The first-order valence-electron chi connectivity index (χ1n) is 3.65. The largest absolute Gasteiger partial charge is 0.481 e. The Balaban J connectivity index is 3.26. The van der Waals surface area contributed by atoms with Gasteiger partial charge in [-0.05, 0) is 13.1 Å². The second-order valence-electron chi connectivity index (χ2n) is 2.35. The quantitative estimate of drug-likeness (QED) is 0.783. The molecule has 0 saturated heterocycles. The summed E-state index contributed by atoms with van der Waals surface area (Å²) in [5.74, 6) is 0.269. The van der Waals surface area contributed by atoms with Gasteiger partial charge in [0.25, 0.3) is 0 Å². The molecule has 0 unspecified atom stereocenters. The van der Waals surface area contributed by atoms with Gasteiger partial charge >= 0.3 is 0 Å². The highest BCUT2D eigenvalue weighted by molar-refractivity contribution is 7.89. The van der Waals surface area contributed by atoms with Crippen LogP contribution in [0, 0.1) is 0 Å². The minimum Gasteiger partial charge on any atom is -0.481 e. The van der Waals surface area contributed by atoms with Crippen LogP contribution in [0.15, 0.2) is 17.0 Å². The fourth-order valence-electron chi connectivity index (χ4n) is 0.829. The van der Waals surface area contributed by atoms with Crippen LogP contribution in [0.4, 0.5) is 0 Å². The lowest BCUT2D eigenvalue weighted by atomic mass is 10.5. The lowest BCUT2D eigenvalue weighted by Gasteiger charge is -2.05. The van der Waals surface area contributed by atoms with Gasteiger partial charge in [0.15, 0.2) is 5.15 Å². The first-order chi connectivity index (χ1) is 6.51. The molecule has 1 heterocycles. The second kappa shape index (κ2) is 4.12. The van der Waals surface area contributed by atoms with Crippen molar-refractivity contribution in [3.63, 3.8) is 0 Å². The van der Waals surface area contributed by atoms with Crippen LogP contribution in [0.1, 0.15) is 0 Å². The molecule has 7 heteroatoms. The number of ether oxygens (including phenoxy) is 1. The molecule has 1 N–H and O–H groups in total. The minimum atomic E-state index is -3.55. The van der Waals surface area contributed by atoms with E-state index < -0.39 is 10.0 Å². The molecule has 0 aliphatic carbocycles. The standard InChI is InChI=1S/C7H9ClN2O3S/c1-9-14(11,12)5-3-4-6(13-2)10-7(5)8/h3-4,9H,1-2H3. The molecule has 1 aromatic rings. The molecule has 5 nitrogen and oxygen atoms in total. The van der Waals surface area contributed by atoms with Crippen LogP contribution >= 0.6 is 11.6 Å². The molecule has 0 saturated carbocycles. The molecule has 1 aromatic heterocycles. The number of nitrogens with one attached hydrogen (secondary N) is 1. The van der Waals surface area contributed by atoms with Gasteiger partial charge in [0.2, 0.25) is 15.9 Å². The van der Waals surface area contributed by atoms with Gasteiger partial charge in [0, 0.05) is 6.07 Å². The Kier molecular flexibility index (Phi) is 3.30. The van der Waals surface area contributed by atoms with Crippen LogP contribution in [0.3, 0.4) is 0 Å². The summed E-state index contributed by atoms with van der Waals surface area (Å²) in [6, 6.07) is 2.76. The zero-order valence-corrected chi connectivity index (χ0v) is 9.19. The Bertz CT molecular complexity index is 433. The average molecular weight is 237 g/mol. The van der Waals surface area contributed by atoms with E-state index in [2.05, 4.69) is 9.71 Å². The highest BCUT2D eigenvalue weighted by atomic mass is 35.5. The van der Waals surface area contributed by atoms with Crippen LogP contribution in [0.25, 0.3) is 0 Å². The van der Waals surface area contributed by atoms with E-state index in [-0.39, 0.29) is 15.9 Å². The predicted molar refractivity (Wildman–Crippen MR) is 52.0 cm³/mol. The smallest absolute Gasteiger partial charge is 0.243 e. The molecule has 1 rings (SSSR count). The molecule has 14 heavy (non-hydrogen) atoms. The van der Waals surface area contributed by atoms with Gasteiger partial charge in [-0.15, -0.1) is 0 Å². The summed E-state index contributed by atoms with van der Waals surface area (Å²) in [6.07, 6.45) is 0. The number of halogens is 1. The van der Waals surface area contributed by atoms with Gasteiger partial charge in [-0.25, -0.2) is 18.1 Å². The summed E-state index contributed by atoms with van der Waals surface area (Å²) in [4.78, 5) is 3.66. The van der Waals surface area contributed by atoms with Crippen LogP contribution in [0.2, 0.25) is 5.15 Å². The third-order valence-corrected chi connectivity index (χ3v) is 3.40. The molecular formula is C7H9ClN2O3S. The lowest BCUT2D eigenvalue weighted by Crippen LogP contribution is -2.19. The van der Waals surface area contributed by atoms with Crippen molar-refractivity contribution in [3.05, 3.63) is 17.3 Å². The maximum absolute atomic E-state index is 11.3. The fourth-order valence-corrected chi connectivity index (χ4v) is 2.01. The van der Waals surface area contributed by atoms with E-state index in [4.69, 9.17) is 16.3 Å². The van der Waals surface area contributed by atoms with Crippen LogP contribution in [-0.4, -0.2) is 27.6 Å². The predicted octanol–water partition coefficient (Wildman–Crippen LogP) is 0.652. The van der Waals surface area contributed by atoms with E-state index in [0.717, 1.165) is 0 Å². The molecule has 0 fully saturated rings. The van der Waals surface area contributed by atoms with Crippen molar-refractivity contribution in [2.24, 2.45) is 0 Å². The summed E-state index contributed by atoms with van der Waals surface area (Å²) in [6.45, 7) is 0. The normalized spacial score (nSPS) is 11.4. The highest BCUT2D eigenvalue weighted by Crippen LogP contribution is 2.21. The maximum Gasteiger partial charge on any atom is 0.243 e. The first kappa shape index (κ1) is 11.2. The molecule has 0 radical (unpaired) electrons. The molecule has 0 amide bonds. The molecule has 0 aromatic carbocycles. The lowest BCUT2D eigenvalue weighted by molar-refractivity contribution is 0.397. The molecular weight excluding hydrogens is 228 g/mol. The number of methoxy groups -OCH3 is 1. The van der Waals surface area contributed by atoms with Crippen LogP contribution < -0.4 is 9.46 Å². The van der Waals surface area contributed by atoms with E-state index in [0.29, 0.717) is 0 Å². The van der Waals surface area contributed by atoms with Crippen molar-refractivity contribution in [1.29, 1.82) is 0 Å². The topological polar surface area (TPSA) is 68.3 Å². The number of rotatable bonds is 3. The van der Waals surface area contributed by atoms with E-state index >= 15 is 0 Å². The molecule has 0 aliphatic rings. The average Bonchev–Trinajstić information content (AvgIpc) is 2.17. The van der Waals surface area contributed by atoms with Gasteiger partial charge in [-0.3, -0.25) is 0 Å². The molecule has 0 spiro atoms. The molecule has 0 atom stereocenters. The number of hydrogen-bond acceptors (Lipinski definition) is 4. The van der Waals surface area contributed by atoms with E-state index in [1.54, 1.807) is 0 Å². The number of sulfonamides is 1. The molecule has 78 valence electrons. The van der Waals surface area contributed by atoms with Crippen molar-refractivity contribution in [2.45, 2.75) is 4.90 Å². The van der Waals surface area contributed by atoms with Gasteiger partial charge in [0.05, 0.1) is 7.11 Å². The third-order valence-electron chi connectivity index (χ3n) is 1.56.